The van der Waals surface area contributed by atoms with Gasteiger partial charge in [0.15, 0.2) is 0 Å². The lowest BCUT2D eigenvalue weighted by Gasteiger charge is -2.39. The van der Waals surface area contributed by atoms with E-state index in [1.165, 1.54) is 11.8 Å². The first kappa shape index (κ1) is 19.2. The summed E-state index contributed by atoms with van der Waals surface area (Å²) in [5.41, 5.74) is 1.51. The van der Waals surface area contributed by atoms with E-state index in [1.807, 2.05) is 48.2 Å². The number of amides is 2. The van der Waals surface area contributed by atoms with Crippen LogP contribution in [0.3, 0.4) is 0 Å². The summed E-state index contributed by atoms with van der Waals surface area (Å²) in [7, 11) is 3.91. The molecule has 1 N–H and O–H groups in total. The molecule has 27 heavy (non-hydrogen) atoms. The SMILES string of the molecule is CC(=O)N1CC2(CCN(C(=O)c3ccc(N(C)C)cc3)CC2)C[C@@H]1C(=O)O. The van der Waals surface area contributed by atoms with Crippen molar-refractivity contribution >= 4 is 23.5 Å². The van der Waals surface area contributed by atoms with Gasteiger partial charge in [0.1, 0.15) is 6.04 Å². The van der Waals surface area contributed by atoms with Crippen molar-refractivity contribution in [1.29, 1.82) is 0 Å². The predicted octanol–water partition coefficient (Wildman–Crippen LogP) is 1.68. The Hall–Kier alpha value is -2.57. The third kappa shape index (κ3) is 3.77. The zero-order valence-corrected chi connectivity index (χ0v) is 16.1. The first-order valence-electron chi connectivity index (χ1n) is 9.29. The van der Waals surface area contributed by atoms with E-state index < -0.39 is 12.0 Å². The number of piperidine rings is 1. The van der Waals surface area contributed by atoms with Crippen LogP contribution in [-0.2, 0) is 9.59 Å². The molecular weight excluding hydrogens is 346 g/mol. The lowest BCUT2D eigenvalue weighted by Crippen LogP contribution is -2.44. The summed E-state index contributed by atoms with van der Waals surface area (Å²) in [6.07, 6.45) is 1.92. The Morgan fingerprint density at radius 2 is 1.70 bits per heavy atom. The van der Waals surface area contributed by atoms with Gasteiger partial charge in [-0.15, -0.1) is 0 Å². The quantitative estimate of drug-likeness (QED) is 0.872. The van der Waals surface area contributed by atoms with E-state index in [0.29, 0.717) is 31.6 Å². The van der Waals surface area contributed by atoms with Crippen LogP contribution < -0.4 is 4.90 Å². The van der Waals surface area contributed by atoms with Gasteiger partial charge in [-0.25, -0.2) is 4.79 Å². The van der Waals surface area contributed by atoms with Crippen molar-refractivity contribution in [3.8, 4) is 0 Å². The summed E-state index contributed by atoms with van der Waals surface area (Å²) in [6.45, 7) is 3.07. The lowest BCUT2D eigenvalue weighted by atomic mass is 9.76. The van der Waals surface area contributed by atoms with Gasteiger partial charge in [0.05, 0.1) is 0 Å². The maximum absolute atomic E-state index is 12.8. The van der Waals surface area contributed by atoms with E-state index >= 15 is 0 Å². The molecule has 1 atom stereocenters. The zero-order valence-electron chi connectivity index (χ0n) is 16.1. The molecule has 0 radical (unpaired) electrons. The van der Waals surface area contributed by atoms with Crippen molar-refractivity contribution in [3.05, 3.63) is 29.8 Å². The van der Waals surface area contributed by atoms with E-state index in [2.05, 4.69) is 0 Å². The molecule has 146 valence electrons. The number of hydrogen-bond donors (Lipinski definition) is 1. The van der Waals surface area contributed by atoms with Gasteiger partial charge in [-0.2, -0.15) is 0 Å². The first-order chi connectivity index (χ1) is 12.7. The monoisotopic (exact) mass is 373 g/mol. The molecule has 0 saturated carbocycles. The Labute approximate surface area is 159 Å². The van der Waals surface area contributed by atoms with Crippen molar-refractivity contribution in [2.75, 3.05) is 38.6 Å². The van der Waals surface area contributed by atoms with Gasteiger partial charge in [0.25, 0.3) is 5.91 Å². The molecule has 2 saturated heterocycles. The number of hydrogen-bond acceptors (Lipinski definition) is 4. The number of carboxylic acids is 1. The molecule has 0 aromatic heterocycles. The first-order valence-corrected chi connectivity index (χ1v) is 9.29. The highest BCUT2D eigenvalue weighted by atomic mass is 16.4. The zero-order chi connectivity index (χ0) is 19.8. The van der Waals surface area contributed by atoms with Crippen molar-refractivity contribution < 1.29 is 19.5 Å². The van der Waals surface area contributed by atoms with Crippen LogP contribution in [-0.4, -0.2) is 72.5 Å². The molecule has 1 spiro atoms. The molecule has 2 aliphatic heterocycles. The van der Waals surface area contributed by atoms with Gasteiger partial charge in [-0.05, 0) is 48.9 Å². The minimum atomic E-state index is -0.943. The average Bonchev–Trinajstić information content (AvgIpc) is 3.02. The van der Waals surface area contributed by atoms with Crippen LogP contribution in [0, 0.1) is 5.41 Å². The number of aliphatic carboxylic acids is 1. The molecule has 2 heterocycles. The van der Waals surface area contributed by atoms with Crippen LogP contribution in [0.2, 0.25) is 0 Å². The van der Waals surface area contributed by atoms with Gasteiger partial charge < -0.3 is 19.8 Å². The van der Waals surface area contributed by atoms with Gasteiger partial charge in [-0.1, -0.05) is 0 Å². The third-order valence-corrected chi connectivity index (χ3v) is 5.94. The van der Waals surface area contributed by atoms with Gasteiger partial charge in [0.2, 0.25) is 5.91 Å². The van der Waals surface area contributed by atoms with Crippen LogP contribution in [0.1, 0.15) is 36.5 Å². The predicted molar refractivity (Wildman–Crippen MR) is 102 cm³/mol. The van der Waals surface area contributed by atoms with E-state index in [-0.39, 0.29) is 17.2 Å². The summed E-state index contributed by atoms with van der Waals surface area (Å²) in [4.78, 5) is 41.4. The minimum absolute atomic E-state index is 0.00589. The molecule has 0 aliphatic carbocycles. The van der Waals surface area contributed by atoms with E-state index in [4.69, 9.17) is 0 Å². The Bertz CT molecular complexity index is 712. The molecule has 2 amide bonds. The maximum Gasteiger partial charge on any atom is 0.326 e. The van der Waals surface area contributed by atoms with Crippen molar-refractivity contribution in [1.82, 2.24) is 9.80 Å². The van der Waals surface area contributed by atoms with E-state index in [0.717, 1.165) is 18.5 Å². The average molecular weight is 373 g/mol. The summed E-state index contributed by atoms with van der Waals surface area (Å²) < 4.78 is 0. The molecule has 2 fully saturated rings. The molecule has 0 bridgehead atoms. The minimum Gasteiger partial charge on any atom is -0.480 e. The highest BCUT2D eigenvalue weighted by molar-refractivity contribution is 5.94. The van der Waals surface area contributed by atoms with Gasteiger partial charge in [0, 0.05) is 51.9 Å². The second-order valence-electron chi connectivity index (χ2n) is 7.94. The second kappa shape index (κ2) is 7.21. The second-order valence-corrected chi connectivity index (χ2v) is 7.94. The Morgan fingerprint density at radius 3 is 2.15 bits per heavy atom. The smallest absolute Gasteiger partial charge is 0.326 e. The number of carbonyl (C=O) groups is 3. The molecule has 2 aliphatic rings. The van der Waals surface area contributed by atoms with E-state index in [1.54, 1.807) is 0 Å². The lowest BCUT2D eigenvalue weighted by molar-refractivity contribution is -0.147. The van der Waals surface area contributed by atoms with Crippen LogP contribution >= 0.6 is 0 Å². The Balaban J connectivity index is 1.65. The number of carboxylic acid groups (broad SMARTS) is 1. The molecule has 3 rings (SSSR count). The van der Waals surface area contributed by atoms with Gasteiger partial charge >= 0.3 is 5.97 Å². The fraction of sp³-hybridized carbons (Fsp3) is 0.550. The van der Waals surface area contributed by atoms with Gasteiger partial charge in [-0.3, -0.25) is 9.59 Å². The summed E-state index contributed by atoms with van der Waals surface area (Å²) in [5, 5.41) is 9.43. The number of rotatable bonds is 3. The topological polar surface area (TPSA) is 81.2 Å². The van der Waals surface area contributed by atoms with Crippen LogP contribution in [0.5, 0.6) is 0 Å². The Morgan fingerprint density at radius 1 is 1.11 bits per heavy atom. The number of anilines is 1. The van der Waals surface area contributed by atoms with Crippen LogP contribution in [0.15, 0.2) is 24.3 Å². The number of benzene rings is 1. The third-order valence-electron chi connectivity index (χ3n) is 5.94. The maximum atomic E-state index is 12.8. The standard InChI is InChI=1S/C20H27N3O4/c1-14(24)23-13-20(12-17(23)19(26)27)8-10-22(11-9-20)18(25)15-4-6-16(7-5-15)21(2)3/h4-7,17H,8-13H2,1-3H3,(H,26,27)/t17-/m1/s1. The van der Waals surface area contributed by atoms with Crippen LogP contribution in [0.25, 0.3) is 0 Å². The van der Waals surface area contributed by atoms with Crippen molar-refractivity contribution in [3.63, 3.8) is 0 Å². The number of likely N-dealkylation sites (tertiary alicyclic amines) is 2. The summed E-state index contributed by atoms with van der Waals surface area (Å²) in [6, 6.07) is 6.80. The highest BCUT2D eigenvalue weighted by Crippen LogP contribution is 2.43. The molecule has 0 unspecified atom stereocenters. The largest absolute Gasteiger partial charge is 0.480 e. The van der Waals surface area contributed by atoms with Crippen molar-refractivity contribution in [2.45, 2.75) is 32.2 Å². The fourth-order valence-electron chi connectivity index (χ4n) is 4.24. The summed E-state index contributed by atoms with van der Waals surface area (Å²) >= 11 is 0. The molecular formula is C20H27N3O4. The summed E-state index contributed by atoms with van der Waals surface area (Å²) in [5.74, 6) is -1.13. The normalized spacial score (nSPS) is 21.4. The number of carbonyl (C=O) groups excluding carboxylic acids is 2. The van der Waals surface area contributed by atoms with Crippen molar-refractivity contribution in [2.24, 2.45) is 5.41 Å². The van der Waals surface area contributed by atoms with E-state index in [9.17, 15) is 19.5 Å². The highest BCUT2D eigenvalue weighted by Gasteiger charge is 2.49. The fourth-order valence-corrected chi connectivity index (χ4v) is 4.24. The number of nitrogens with zero attached hydrogens (tertiary/aromatic N) is 3. The molecule has 7 heteroatoms. The molecule has 1 aromatic rings. The van der Waals surface area contributed by atoms with Crippen LogP contribution in [0.4, 0.5) is 5.69 Å². The molecule has 7 nitrogen and oxygen atoms in total. The Kier molecular flexibility index (Phi) is 5.13. The molecule has 1 aromatic carbocycles.